The number of carbonyl (C=O) groups excluding carboxylic acids is 2. The molecule has 2 aromatic rings. The molecule has 2 amide bonds. The predicted molar refractivity (Wildman–Crippen MR) is 111 cm³/mol. The first-order valence-corrected chi connectivity index (χ1v) is 11.4. The zero-order valence-corrected chi connectivity index (χ0v) is 18.0. The maximum absolute atomic E-state index is 13.6. The van der Waals surface area contributed by atoms with Crippen LogP contribution in [0.5, 0.6) is 0 Å². The molecule has 1 saturated heterocycles. The lowest BCUT2D eigenvalue weighted by molar-refractivity contribution is -0.122. The zero-order chi connectivity index (χ0) is 23.3. The highest BCUT2D eigenvalue weighted by Crippen LogP contribution is 2.19. The van der Waals surface area contributed by atoms with Gasteiger partial charge in [-0.05, 0) is 48.7 Å². The summed E-state index contributed by atoms with van der Waals surface area (Å²) in [6.45, 7) is 0.708. The predicted octanol–water partition coefficient (Wildman–Crippen LogP) is 1.64. The van der Waals surface area contributed by atoms with Crippen molar-refractivity contribution in [3.05, 3.63) is 65.2 Å². The molecule has 0 spiro atoms. The number of benzene rings is 2. The van der Waals surface area contributed by atoms with E-state index in [4.69, 9.17) is 4.74 Å². The topological polar surface area (TPSA) is 114 Å². The van der Waals surface area contributed by atoms with E-state index in [0.29, 0.717) is 6.61 Å². The van der Waals surface area contributed by atoms with Gasteiger partial charge >= 0.3 is 0 Å². The van der Waals surface area contributed by atoms with Crippen molar-refractivity contribution >= 4 is 21.8 Å². The van der Waals surface area contributed by atoms with Gasteiger partial charge < -0.3 is 15.4 Å². The summed E-state index contributed by atoms with van der Waals surface area (Å²) >= 11 is 0. The van der Waals surface area contributed by atoms with E-state index in [1.54, 1.807) is 0 Å². The number of halogens is 2. The Morgan fingerprint density at radius 3 is 2.59 bits per heavy atom. The highest BCUT2D eigenvalue weighted by atomic mass is 32.2. The standard InChI is InChI=1S/C21H23F2N3O5S/c1-24-21(28)19(13-7-8-17(22)18(23)11-13)26-20(27)14-4-2-6-16(10-14)32(29,30)25-12-15-5-3-9-31-15/h2,4,6-8,10-11,15,19,25H,3,5,9,12H2,1H3,(H,24,28)(H,26,27). The summed E-state index contributed by atoms with van der Waals surface area (Å²) < 4.78 is 59.9. The van der Waals surface area contributed by atoms with Gasteiger partial charge in [0, 0.05) is 25.8 Å². The fraction of sp³-hybridized carbons (Fsp3) is 0.333. The number of nitrogens with one attached hydrogen (secondary N) is 3. The van der Waals surface area contributed by atoms with Gasteiger partial charge in [0.25, 0.3) is 5.91 Å². The molecule has 0 radical (unpaired) electrons. The average molecular weight is 467 g/mol. The number of amides is 2. The molecule has 2 atom stereocenters. The summed E-state index contributed by atoms with van der Waals surface area (Å²) in [6, 6.07) is 6.78. The van der Waals surface area contributed by atoms with Crippen molar-refractivity contribution in [2.75, 3.05) is 20.2 Å². The maximum atomic E-state index is 13.6. The molecule has 3 N–H and O–H groups in total. The SMILES string of the molecule is CNC(=O)C(NC(=O)c1cccc(S(=O)(=O)NCC2CCCO2)c1)c1ccc(F)c(F)c1. The Morgan fingerprint density at radius 2 is 1.94 bits per heavy atom. The molecule has 3 rings (SSSR count). The van der Waals surface area contributed by atoms with Gasteiger partial charge in [0.05, 0.1) is 11.0 Å². The van der Waals surface area contributed by atoms with Crippen LogP contribution in [0.15, 0.2) is 47.4 Å². The molecule has 1 heterocycles. The van der Waals surface area contributed by atoms with Crippen molar-refractivity contribution in [2.24, 2.45) is 0 Å². The van der Waals surface area contributed by atoms with Gasteiger partial charge in [-0.25, -0.2) is 21.9 Å². The fourth-order valence-corrected chi connectivity index (χ4v) is 4.36. The normalized spacial score (nSPS) is 17.0. The van der Waals surface area contributed by atoms with Crippen molar-refractivity contribution < 1.29 is 31.5 Å². The van der Waals surface area contributed by atoms with Crippen LogP contribution in [0.25, 0.3) is 0 Å². The minimum atomic E-state index is -3.90. The van der Waals surface area contributed by atoms with Crippen LogP contribution in [-0.2, 0) is 19.6 Å². The van der Waals surface area contributed by atoms with E-state index in [0.717, 1.165) is 25.0 Å². The van der Waals surface area contributed by atoms with Gasteiger partial charge in [0.2, 0.25) is 15.9 Å². The molecule has 0 aromatic heterocycles. The summed E-state index contributed by atoms with van der Waals surface area (Å²) in [5.41, 5.74) is 0.0000782. The Morgan fingerprint density at radius 1 is 1.16 bits per heavy atom. The van der Waals surface area contributed by atoms with Gasteiger partial charge in [0.15, 0.2) is 11.6 Å². The molecule has 8 nitrogen and oxygen atoms in total. The Balaban J connectivity index is 1.78. The molecule has 1 aliphatic heterocycles. The lowest BCUT2D eigenvalue weighted by Gasteiger charge is -2.18. The van der Waals surface area contributed by atoms with Crippen LogP contribution in [0.2, 0.25) is 0 Å². The van der Waals surface area contributed by atoms with Crippen LogP contribution in [0.4, 0.5) is 8.78 Å². The fourth-order valence-electron chi connectivity index (χ4n) is 3.25. The van der Waals surface area contributed by atoms with Gasteiger partial charge in [-0.2, -0.15) is 0 Å². The Labute approximate surface area is 184 Å². The van der Waals surface area contributed by atoms with Gasteiger partial charge in [-0.1, -0.05) is 12.1 Å². The highest BCUT2D eigenvalue weighted by molar-refractivity contribution is 7.89. The van der Waals surface area contributed by atoms with Crippen LogP contribution in [-0.4, -0.2) is 46.5 Å². The van der Waals surface area contributed by atoms with Crippen molar-refractivity contribution in [3.8, 4) is 0 Å². The third-order valence-corrected chi connectivity index (χ3v) is 6.41. The lowest BCUT2D eigenvalue weighted by atomic mass is 10.0. The van der Waals surface area contributed by atoms with Gasteiger partial charge in [-0.3, -0.25) is 9.59 Å². The van der Waals surface area contributed by atoms with E-state index in [2.05, 4.69) is 15.4 Å². The minimum absolute atomic E-state index is 0.0264. The van der Waals surface area contributed by atoms with E-state index >= 15 is 0 Å². The molecule has 2 unspecified atom stereocenters. The Kier molecular flexibility index (Phi) is 7.54. The van der Waals surface area contributed by atoms with E-state index in [-0.39, 0.29) is 28.7 Å². The Hall–Kier alpha value is -2.89. The molecule has 172 valence electrons. The molecule has 1 aliphatic rings. The zero-order valence-electron chi connectivity index (χ0n) is 17.2. The third-order valence-electron chi connectivity index (χ3n) is 4.99. The number of sulfonamides is 1. The molecule has 2 aromatic carbocycles. The number of hydrogen-bond donors (Lipinski definition) is 3. The summed E-state index contributed by atoms with van der Waals surface area (Å²) in [4.78, 5) is 24.9. The average Bonchev–Trinajstić information content (AvgIpc) is 3.31. The van der Waals surface area contributed by atoms with E-state index < -0.39 is 39.5 Å². The summed E-state index contributed by atoms with van der Waals surface area (Å²) in [5, 5.41) is 4.77. The molecular weight excluding hydrogens is 444 g/mol. The number of likely N-dealkylation sites (N-methyl/N-ethyl adjacent to an activating group) is 1. The number of hydrogen-bond acceptors (Lipinski definition) is 5. The first-order valence-electron chi connectivity index (χ1n) is 9.90. The smallest absolute Gasteiger partial charge is 0.252 e. The molecule has 32 heavy (non-hydrogen) atoms. The molecular formula is C21H23F2N3O5S. The number of ether oxygens (including phenoxy) is 1. The monoisotopic (exact) mass is 467 g/mol. The second kappa shape index (κ2) is 10.2. The largest absolute Gasteiger partial charge is 0.377 e. The van der Waals surface area contributed by atoms with Crippen molar-refractivity contribution in [3.63, 3.8) is 0 Å². The molecule has 0 saturated carbocycles. The summed E-state index contributed by atoms with van der Waals surface area (Å²) in [5.74, 6) is -3.69. The third kappa shape index (κ3) is 5.67. The van der Waals surface area contributed by atoms with Crippen molar-refractivity contribution in [1.82, 2.24) is 15.4 Å². The molecule has 1 fully saturated rings. The van der Waals surface area contributed by atoms with Crippen LogP contribution in [0.3, 0.4) is 0 Å². The van der Waals surface area contributed by atoms with Gasteiger partial charge in [-0.15, -0.1) is 0 Å². The molecule has 0 bridgehead atoms. The maximum Gasteiger partial charge on any atom is 0.252 e. The van der Waals surface area contributed by atoms with E-state index in [1.807, 2.05) is 0 Å². The number of rotatable bonds is 8. The molecule has 0 aliphatic carbocycles. The van der Waals surface area contributed by atoms with E-state index in [9.17, 15) is 26.8 Å². The highest BCUT2D eigenvalue weighted by Gasteiger charge is 2.25. The lowest BCUT2D eigenvalue weighted by Crippen LogP contribution is -2.39. The summed E-state index contributed by atoms with van der Waals surface area (Å²) in [6.07, 6.45) is 1.43. The van der Waals surface area contributed by atoms with Gasteiger partial charge in [0.1, 0.15) is 6.04 Å². The van der Waals surface area contributed by atoms with Crippen molar-refractivity contribution in [2.45, 2.75) is 29.9 Å². The summed E-state index contributed by atoms with van der Waals surface area (Å²) in [7, 11) is -2.57. The van der Waals surface area contributed by atoms with Crippen LogP contribution >= 0.6 is 0 Å². The van der Waals surface area contributed by atoms with Crippen LogP contribution in [0, 0.1) is 11.6 Å². The molecule has 11 heteroatoms. The Bertz CT molecular complexity index is 1100. The van der Waals surface area contributed by atoms with Crippen molar-refractivity contribution in [1.29, 1.82) is 0 Å². The van der Waals surface area contributed by atoms with Crippen LogP contribution in [0.1, 0.15) is 34.8 Å². The minimum Gasteiger partial charge on any atom is -0.377 e. The quantitative estimate of drug-likeness (QED) is 0.546. The second-order valence-electron chi connectivity index (χ2n) is 7.21. The first-order chi connectivity index (χ1) is 15.2. The van der Waals surface area contributed by atoms with E-state index in [1.165, 1.54) is 37.4 Å². The second-order valence-corrected chi connectivity index (χ2v) is 8.98. The first kappa shape index (κ1) is 23.8. The number of carbonyl (C=O) groups is 2. The van der Waals surface area contributed by atoms with Crippen LogP contribution < -0.4 is 15.4 Å².